The molecule has 2 unspecified atom stereocenters. The Balaban J connectivity index is 1.91. The van der Waals surface area contributed by atoms with Crippen molar-refractivity contribution < 1.29 is 9.53 Å². The van der Waals surface area contributed by atoms with E-state index >= 15 is 0 Å². The van der Waals surface area contributed by atoms with E-state index in [1.807, 2.05) is 49.4 Å². The van der Waals surface area contributed by atoms with Crippen LogP contribution in [0.3, 0.4) is 0 Å². The van der Waals surface area contributed by atoms with Gasteiger partial charge in [-0.25, -0.2) is 0 Å². The summed E-state index contributed by atoms with van der Waals surface area (Å²) in [6, 6.07) is 22.6. The van der Waals surface area contributed by atoms with Gasteiger partial charge in [0.2, 0.25) is 0 Å². The van der Waals surface area contributed by atoms with Gasteiger partial charge in [0, 0.05) is 24.2 Å². The van der Waals surface area contributed by atoms with Crippen LogP contribution in [0.1, 0.15) is 41.0 Å². The molecule has 0 aliphatic heterocycles. The Morgan fingerprint density at radius 3 is 1.96 bits per heavy atom. The predicted octanol–water partition coefficient (Wildman–Crippen LogP) is 4.54. The molecule has 2 aromatic carbocycles. The fourth-order valence-corrected chi connectivity index (χ4v) is 4.17. The molecule has 3 aromatic rings. The molecule has 3 atom stereocenters. The highest BCUT2D eigenvalue weighted by Crippen LogP contribution is 2.52. The van der Waals surface area contributed by atoms with Crippen molar-refractivity contribution in [2.24, 2.45) is 5.92 Å². The van der Waals surface area contributed by atoms with Gasteiger partial charge in [-0.15, -0.1) is 0 Å². The van der Waals surface area contributed by atoms with Gasteiger partial charge in [-0.3, -0.25) is 9.78 Å². The second kappa shape index (κ2) is 7.12. The Hall–Kier alpha value is -2.94. The van der Waals surface area contributed by atoms with E-state index in [0.717, 1.165) is 11.1 Å². The third-order valence-electron chi connectivity index (χ3n) is 5.17. The standard InChI is InChI=1S/C23H21NO2/c1-2-26-23(25)22-20(16-8-4-3-5-9-16)18-10-6-7-11-19(18)21(22)17-12-14-24-15-13-17/h3-15,20-22H,2H2,1H3/t20?,21?,22-/m1/s1. The first-order valence-electron chi connectivity index (χ1n) is 9.01. The van der Waals surface area contributed by atoms with Crippen molar-refractivity contribution >= 4 is 5.97 Å². The van der Waals surface area contributed by atoms with Crippen LogP contribution in [0.2, 0.25) is 0 Å². The zero-order chi connectivity index (χ0) is 17.9. The number of carbonyl (C=O) groups is 1. The first-order chi connectivity index (χ1) is 12.8. The molecule has 0 amide bonds. The van der Waals surface area contributed by atoms with Crippen LogP contribution in [0.5, 0.6) is 0 Å². The van der Waals surface area contributed by atoms with Gasteiger partial charge in [0.15, 0.2) is 0 Å². The van der Waals surface area contributed by atoms with Crippen molar-refractivity contribution in [3.63, 3.8) is 0 Å². The summed E-state index contributed by atoms with van der Waals surface area (Å²) in [7, 11) is 0. The van der Waals surface area contributed by atoms with Crippen LogP contribution in [0, 0.1) is 5.92 Å². The summed E-state index contributed by atoms with van der Waals surface area (Å²) < 4.78 is 5.51. The van der Waals surface area contributed by atoms with Crippen LogP contribution in [0.4, 0.5) is 0 Å². The number of fused-ring (bicyclic) bond motifs is 1. The van der Waals surface area contributed by atoms with E-state index in [9.17, 15) is 4.79 Å². The Labute approximate surface area is 153 Å². The maximum Gasteiger partial charge on any atom is 0.310 e. The summed E-state index contributed by atoms with van der Waals surface area (Å²) in [5.41, 5.74) is 4.66. The van der Waals surface area contributed by atoms with Crippen LogP contribution < -0.4 is 0 Å². The molecule has 4 rings (SSSR count). The molecule has 130 valence electrons. The van der Waals surface area contributed by atoms with Crippen LogP contribution in [0.25, 0.3) is 0 Å². The summed E-state index contributed by atoms with van der Waals surface area (Å²) >= 11 is 0. The molecule has 0 saturated carbocycles. The monoisotopic (exact) mass is 343 g/mol. The first kappa shape index (κ1) is 16.5. The minimum Gasteiger partial charge on any atom is -0.466 e. The van der Waals surface area contributed by atoms with Gasteiger partial charge in [-0.05, 0) is 41.3 Å². The van der Waals surface area contributed by atoms with Crippen LogP contribution in [-0.2, 0) is 9.53 Å². The van der Waals surface area contributed by atoms with E-state index < -0.39 is 0 Å². The molecular weight excluding hydrogens is 322 g/mol. The molecule has 1 aromatic heterocycles. The van der Waals surface area contributed by atoms with E-state index in [0.29, 0.717) is 6.61 Å². The average molecular weight is 343 g/mol. The van der Waals surface area contributed by atoms with Crippen molar-refractivity contribution in [2.45, 2.75) is 18.8 Å². The summed E-state index contributed by atoms with van der Waals surface area (Å²) in [5, 5.41) is 0. The summed E-state index contributed by atoms with van der Waals surface area (Å²) in [4.78, 5) is 17.2. The van der Waals surface area contributed by atoms with Gasteiger partial charge >= 0.3 is 5.97 Å². The van der Waals surface area contributed by atoms with Crippen LogP contribution in [0.15, 0.2) is 79.1 Å². The molecule has 1 heterocycles. The minimum absolute atomic E-state index is 0.00962. The Morgan fingerprint density at radius 1 is 0.846 bits per heavy atom. The second-order valence-electron chi connectivity index (χ2n) is 6.55. The number of carbonyl (C=O) groups excluding carboxylic acids is 1. The van der Waals surface area contributed by atoms with Crippen molar-refractivity contribution in [3.05, 3.63) is 101 Å². The highest BCUT2D eigenvalue weighted by Gasteiger charge is 2.46. The molecule has 0 fully saturated rings. The van der Waals surface area contributed by atoms with Crippen molar-refractivity contribution in [1.29, 1.82) is 0 Å². The molecule has 1 aliphatic carbocycles. The zero-order valence-electron chi connectivity index (χ0n) is 14.7. The van der Waals surface area contributed by atoms with Crippen LogP contribution >= 0.6 is 0 Å². The molecular formula is C23H21NO2. The molecule has 0 bridgehead atoms. The quantitative estimate of drug-likeness (QED) is 0.653. The van der Waals surface area contributed by atoms with Crippen molar-refractivity contribution in [1.82, 2.24) is 4.98 Å². The molecule has 0 saturated heterocycles. The number of ether oxygens (including phenoxy) is 1. The number of hydrogen-bond acceptors (Lipinski definition) is 3. The molecule has 0 spiro atoms. The number of nitrogens with zero attached hydrogens (tertiary/aromatic N) is 1. The molecule has 1 aliphatic rings. The fraction of sp³-hybridized carbons (Fsp3) is 0.217. The van der Waals surface area contributed by atoms with Gasteiger partial charge in [0.1, 0.15) is 0 Å². The van der Waals surface area contributed by atoms with Crippen molar-refractivity contribution in [3.8, 4) is 0 Å². The maximum atomic E-state index is 13.0. The smallest absolute Gasteiger partial charge is 0.310 e. The summed E-state index contributed by atoms with van der Waals surface area (Å²) in [5.74, 6) is -0.459. The van der Waals surface area contributed by atoms with E-state index in [1.54, 1.807) is 12.4 Å². The van der Waals surface area contributed by atoms with E-state index in [4.69, 9.17) is 4.74 Å². The van der Waals surface area contributed by atoms with E-state index in [2.05, 4.69) is 29.2 Å². The summed E-state index contributed by atoms with van der Waals surface area (Å²) in [6.45, 7) is 2.25. The Kier molecular flexibility index (Phi) is 4.53. The van der Waals surface area contributed by atoms with Crippen LogP contribution in [-0.4, -0.2) is 17.6 Å². The topological polar surface area (TPSA) is 39.2 Å². The van der Waals surface area contributed by atoms with Crippen molar-refractivity contribution in [2.75, 3.05) is 6.61 Å². The molecule has 3 nitrogen and oxygen atoms in total. The normalized spacial score (nSPS) is 21.2. The Morgan fingerprint density at radius 2 is 1.38 bits per heavy atom. The third-order valence-corrected chi connectivity index (χ3v) is 5.17. The minimum atomic E-state index is -0.280. The third kappa shape index (κ3) is 2.80. The highest BCUT2D eigenvalue weighted by atomic mass is 16.5. The Bertz CT molecular complexity index is 826. The second-order valence-corrected chi connectivity index (χ2v) is 6.55. The zero-order valence-corrected chi connectivity index (χ0v) is 14.7. The van der Waals surface area contributed by atoms with Gasteiger partial charge in [0.25, 0.3) is 0 Å². The predicted molar refractivity (Wildman–Crippen MR) is 101 cm³/mol. The molecule has 0 N–H and O–H groups in total. The van der Waals surface area contributed by atoms with Gasteiger partial charge < -0.3 is 4.74 Å². The number of pyridine rings is 1. The number of hydrogen-bond donors (Lipinski definition) is 0. The number of esters is 1. The lowest BCUT2D eigenvalue weighted by atomic mass is 9.80. The number of rotatable bonds is 4. The first-order valence-corrected chi connectivity index (χ1v) is 9.01. The molecule has 0 radical (unpaired) electrons. The number of benzene rings is 2. The van der Waals surface area contributed by atoms with Gasteiger partial charge in [0.05, 0.1) is 12.5 Å². The summed E-state index contributed by atoms with van der Waals surface area (Å²) in [6.07, 6.45) is 3.58. The maximum absolute atomic E-state index is 13.0. The average Bonchev–Trinajstić information content (AvgIpc) is 3.05. The largest absolute Gasteiger partial charge is 0.466 e. The van der Waals surface area contributed by atoms with Gasteiger partial charge in [-0.2, -0.15) is 0 Å². The highest BCUT2D eigenvalue weighted by molar-refractivity contribution is 5.79. The molecule has 26 heavy (non-hydrogen) atoms. The lowest BCUT2D eigenvalue weighted by molar-refractivity contribution is -0.148. The van der Waals surface area contributed by atoms with E-state index in [-0.39, 0.29) is 23.7 Å². The molecule has 3 heteroatoms. The lowest BCUT2D eigenvalue weighted by Gasteiger charge is -2.24. The van der Waals surface area contributed by atoms with Gasteiger partial charge in [-0.1, -0.05) is 54.6 Å². The fourth-order valence-electron chi connectivity index (χ4n) is 4.17. The number of aromatic nitrogens is 1. The lowest BCUT2D eigenvalue weighted by Crippen LogP contribution is -2.26. The SMILES string of the molecule is CCOC(=O)[C@@H]1C(c2ccccc2)c2ccccc2C1c1ccncc1. The van der Waals surface area contributed by atoms with E-state index in [1.165, 1.54) is 11.1 Å².